The summed E-state index contributed by atoms with van der Waals surface area (Å²) in [5, 5.41) is 20.8. The molecule has 0 spiro atoms. The fourth-order valence-electron chi connectivity index (χ4n) is 4.68. The summed E-state index contributed by atoms with van der Waals surface area (Å²) in [4.78, 5) is 25.6. The summed E-state index contributed by atoms with van der Waals surface area (Å²) < 4.78 is 14.7. The highest BCUT2D eigenvalue weighted by Crippen LogP contribution is 2.44. The minimum atomic E-state index is -0.951. The van der Waals surface area contributed by atoms with Gasteiger partial charge in [0.05, 0.1) is 16.5 Å². The van der Waals surface area contributed by atoms with Crippen LogP contribution in [-0.2, 0) is 4.79 Å². The molecule has 1 saturated carbocycles. The number of benzene rings is 2. The fourth-order valence-corrected chi connectivity index (χ4v) is 4.83. The summed E-state index contributed by atoms with van der Waals surface area (Å²) in [5.41, 5.74) is 1.69. The lowest BCUT2D eigenvalue weighted by atomic mass is 9.83. The molecule has 1 fully saturated rings. The van der Waals surface area contributed by atoms with Gasteiger partial charge in [-0.2, -0.15) is 0 Å². The molecule has 1 aliphatic carbocycles. The molecule has 0 radical (unpaired) electrons. The largest absolute Gasteiger partial charge is 0.506 e. The molecule has 4 rings (SSSR count). The summed E-state index contributed by atoms with van der Waals surface area (Å²) in [5.74, 6) is -2.83. The molecule has 0 saturated heterocycles. The molecule has 3 aromatic rings. The van der Waals surface area contributed by atoms with Gasteiger partial charge >= 0.3 is 5.97 Å². The van der Waals surface area contributed by atoms with Crippen molar-refractivity contribution in [2.24, 2.45) is 5.92 Å². The van der Waals surface area contributed by atoms with Crippen molar-refractivity contribution in [3.05, 3.63) is 64.1 Å². The van der Waals surface area contributed by atoms with Gasteiger partial charge in [0.2, 0.25) is 0 Å². The molecule has 0 amide bonds. The predicted molar refractivity (Wildman–Crippen MR) is 112 cm³/mol. The average molecular weight is 430 g/mol. The van der Waals surface area contributed by atoms with Crippen molar-refractivity contribution in [3.8, 4) is 5.75 Å². The van der Waals surface area contributed by atoms with Crippen LogP contribution in [0.3, 0.4) is 0 Å². The maximum Gasteiger partial charge on any atom is 0.311 e. The highest BCUT2D eigenvalue weighted by atomic mass is 35.5. The van der Waals surface area contributed by atoms with Gasteiger partial charge in [0.15, 0.2) is 0 Å². The second kappa shape index (κ2) is 7.76. The summed E-state index contributed by atoms with van der Waals surface area (Å²) in [6.45, 7) is 1.70. The van der Waals surface area contributed by atoms with Crippen LogP contribution in [0, 0.1) is 18.7 Å². The number of carboxylic acids is 1. The number of rotatable bonds is 4. The number of hydrogen-bond donors (Lipinski definition) is 2. The molecule has 156 valence electrons. The van der Waals surface area contributed by atoms with Crippen molar-refractivity contribution >= 4 is 34.4 Å². The lowest BCUT2D eigenvalue weighted by molar-refractivity contribution is -0.140. The number of aliphatic carboxylic acids is 1. The summed E-state index contributed by atoms with van der Waals surface area (Å²) in [7, 11) is 0. The number of fused-ring (bicyclic) bond motifs is 1. The minimum absolute atomic E-state index is 0.0426. The first-order chi connectivity index (χ1) is 14.3. The SMILES string of the molecule is Cc1c(C(C(=O)O)C2CCCC2)c2cc(O)c(Cl)cc2n1C(=O)c1ccc(F)cc1. The molecule has 1 atom stereocenters. The number of aromatic hydroxyl groups is 1. The van der Waals surface area contributed by atoms with Crippen molar-refractivity contribution in [1.82, 2.24) is 4.57 Å². The summed E-state index contributed by atoms with van der Waals surface area (Å²) in [6.07, 6.45) is 3.54. The van der Waals surface area contributed by atoms with E-state index in [4.69, 9.17) is 11.6 Å². The highest BCUT2D eigenvalue weighted by Gasteiger charge is 2.36. The summed E-state index contributed by atoms with van der Waals surface area (Å²) in [6, 6.07) is 8.07. The zero-order chi connectivity index (χ0) is 21.6. The van der Waals surface area contributed by atoms with Crippen molar-refractivity contribution in [3.63, 3.8) is 0 Å². The molecule has 0 bridgehead atoms. The number of hydrogen-bond acceptors (Lipinski definition) is 3. The Hall–Kier alpha value is -2.86. The molecule has 1 unspecified atom stereocenters. The Morgan fingerprint density at radius 1 is 1.17 bits per heavy atom. The molecule has 2 aromatic carbocycles. The molecule has 1 aromatic heterocycles. The fraction of sp³-hybridized carbons (Fsp3) is 0.304. The number of phenols is 1. The van der Waals surface area contributed by atoms with Gasteiger partial charge < -0.3 is 10.2 Å². The first-order valence-electron chi connectivity index (χ1n) is 9.86. The zero-order valence-electron chi connectivity index (χ0n) is 16.4. The molecular weight excluding hydrogens is 409 g/mol. The van der Waals surface area contributed by atoms with Gasteiger partial charge in [-0.05, 0) is 67.6 Å². The van der Waals surface area contributed by atoms with E-state index in [9.17, 15) is 24.2 Å². The normalized spacial score (nSPS) is 15.6. The maximum atomic E-state index is 13.3. The molecule has 0 aliphatic heterocycles. The van der Waals surface area contributed by atoms with Crippen LogP contribution in [0.4, 0.5) is 4.39 Å². The Kier molecular flexibility index (Phi) is 5.28. The van der Waals surface area contributed by atoms with E-state index in [1.165, 1.54) is 41.0 Å². The van der Waals surface area contributed by atoms with Crippen LogP contribution in [0.25, 0.3) is 10.9 Å². The Balaban J connectivity index is 1.98. The van der Waals surface area contributed by atoms with Gasteiger partial charge in [-0.3, -0.25) is 14.2 Å². The molecular formula is C23H21ClFNO4. The van der Waals surface area contributed by atoms with Crippen molar-refractivity contribution in [1.29, 1.82) is 0 Å². The zero-order valence-corrected chi connectivity index (χ0v) is 17.1. The van der Waals surface area contributed by atoms with Crippen LogP contribution in [-0.4, -0.2) is 26.7 Å². The third kappa shape index (κ3) is 3.35. The van der Waals surface area contributed by atoms with E-state index >= 15 is 0 Å². The number of phenolic OH excluding ortho intramolecular Hbond substituents is 1. The van der Waals surface area contributed by atoms with E-state index in [0.717, 1.165) is 25.7 Å². The Labute approximate surface area is 177 Å². The number of carbonyl (C=O) groups is 2. The molecule has 2 N–H and O–H groups in total. The minimum Gasteiger partial charge on any atom is -0.506 e. The third-order valence-corrected chi connectivity index (χ3v) is 6.37. The standard InChI is InChI=1S/C23H21ClFNO4/c1-12-20(21(23(29)30)13-4-2-3-5-13)16-10-19(27)17(24)11-18(16)26(12)22(28)14-6-8-15(25)9-7-14/h6-11,13,21,27H,2-5H2,1H3,(H,29,30). The van der Waals surface area contributed by atoms with Crippen LogP contribution in [0.2, 0.25) is 5.02 Å². The van der Waals surface area contributed by atoms with Crippen molar-refractivity contribution in [2.75, 3.05) is 0 Å². The second-order valence-corrected chi connectivity index (χ2v) is 8.23. The van der Waals surface area contributed by atoms with E-state index in [1.807, 2.05) is 0 Å². The van der Waals surface area contributed by atoms with Crippen LogP contribution < -0.4 is 0 Å². The van der Waals surface area contributed by atoms with Gasteiger partial charge in [-0.25, -0.2) is 4.39 Å². The smallest absolute Gasteiger partial charge is 0.311 e. The lowest BCUT2D eigenvalue weighted by Crippen LogP contribution is -2.21. The maximum absolute atomic E-state index is 13.3. The van der Waals surface area contributed by atoms with E-state index in [-0.39, 0.29) is 22.3 Å². The third-order valence-electron chi connectivity index (χ3n) is 6.06. The number of carboxylic acid groups (broad SMARTS) is 1. The van der Waals surface area contributed by atoms with Gasteiger partial charge in [0.1, 0.15) is 11.6 Å². The van der Waals surface area contributed by atoms with Gasteiger partial charge in [0, 0.05) is 16.6 Å². The number of aromatic nitrogens is 1. The predicted octanol–water partition coefficient (Wildman–Crippen LogP) is 5.49. The number of nitrogens with zero attached hydrogens (tertiary/aromatic N) is 1. The molecule has 1 aliphatic rings. The second-order valence-electron chi connectivity index (χ2n) is 7.83. The van der Waals surface area contributed by atoms with Crippen LogP contribution in [0.5, 0.6) is 5.75 Å². The van der Waals surface area contributed by atoms with Gasteiger partial charge in [-0.1, -0.05) is 24.4 Å². The van der Waals surface area contributed by atoms with Gasteiger partial charge in [-0.15, -0.1) is 0 Å². The van der Waals surface area contributed by atoms with E-state index in [2.05, 4.69) is 0 Å². The first kappa shape index (κ1) is 20.4. The quantitative estimate of drug-likeness (QED) is 0.574. The topological polar surface area (TPSA) is 79.5 Å². The number of carbonyl (C=O) groups excluding carboxylic acids is 1. The average Bonchev–Trinajstić information content (AvgIpc) is 3.31. The number of halogens is 2. The molecule has 5 nitrogen and oxygen atoms in total. The first-order valence-corrected chi connectivity index (χ1v) is 10.2. The molecule has 7 heteroatoms. The Morgan fingerprint density at radius 2 is 1.80 bits per heavy atom. The van der Waals surface area contributed by atoms with E-state index < -0.39 is 23.6 Å². The van der Waals surface area contributed by atoms with Gasteiger partial charge in [0.25, 0.3) is 5.91 Å². The van der Waals surface area contributed by atoms with Crippen molar-refractivity contribution in [2.45, 2.75) is 38.5 Å². The van der Waals surface area contributed by atoms with Crippen LogP contribution >= 0.6 is 11.6 Å². The Morgan fingerprint density at radius 3 is 2.40 bits per heavy atom. The highest BCUT2D eigenvalue weighted by molar-refractivity contribution is 6.33. The van der Waals surface area contributed by atoms with Crippen molar-refractivity contribution < 1.29 is 24.2 Å². The molecule has 30 heavy (non-hydrogen) atoms. The van der Waals surface area contributed by atoms with Crippen LogP contribution in [0.15, 0.2) is 36.4 Å². The lowest BCUT2D eigenvalue weighted by Gasteiger charge is -2.20. The monoisotopic (exact) mass is 429 g/mol. The van der Waals surface area contributed by atoms with E-state index in [0.29, 0.717) is 22.2 Å². The summed E-state index contributed by atoms with van der Waals surface area (Å²) >= 11 is 6.12. The molecule has 1 heterocycles. The van der Waals surface area contributed by atoms with E-state index in [1.54, 1.807) is 6.92 Å². The van der Waals surface area contributed by atoms with Crippen LogP contribution in [0.1, 0.15) is 53.2 Å². The Bertz CT molecular complexity index is 1150.